The van der Waals surface area contributed by atoms with Crippen molar-refractivity contribution >= 4 is 5.76 Å². The molecule has 0 atom stereocenters. The van der Waals surface area contributed by atoms with Gasteiger partial charge in [0.05, 0.1) is 12.3 Å². The molecule has 0 saturated heterocycles. The van der Waals surface area contributed by atoms with Crippen LogP contribution in [0.25, 0.3) is 5.76 Å². The maximum atomic E-state index is 8.91. The van der Waals surface area contributed by atoms with Crippen LogP contribution in [-0.2, 0) is 4.74 Å². The summed E-state index contributed by atoms with van der Waals surface area (Å²) < 4.78 is 6.04. The topological polar surface area (TPSA) is 45.0 Å². The summed E-state index contributed by atoms with van der Waals surface area (Å²) in [5.74, 6) is 0.863. The molecule has 2 rings (SSSR count). The van der Waals surface area contributed by atoms with Crippen molar-refractivity contribution in [3.8, 4) is 6.19 Å². The molecule has 0 amide bonds. The summed E-state index contributed by atoms with van der Waals surface area (Å²) in [5.41, 5.74) is 2.89. The Hall–Kier alpha value is -2.47. The van der Waals surface area contributed by atoms with Gasteiger partial charge in [-0.15, -0.1) is 0 Å². The minimum Gasteiger partial charge on any atom is -0.493 e. The van der Waals surface area contributed by atoms with Crippen LogP contribution in [0, 0.1) is 11.5 Å². The van der Waals surface area contributed by atoms with Crippen molar-refractivity contribution < 1.29 is 4.74 Å². The highest BCUT2D eigenvalue weighted by Crippen LogP contribution is 2.29. The van der Waals surface area contributed by atoms with Crippen LogP contribution in [0.5, 0.6) is 0 Å². The first-order valence-corrected chi connectivity index (χ1v) is 7.30. The lowest BCUT2D eigenvalue weighted by Crippen LogP contribution is -2.12. The Morgan fingerprint density at radius 2 is 2.14 bits per heavy atom. The van der Waals surface area contributed by atoms with Gasteiger partial charge in [-0.2, -0.15) is 5.26 Å². The first-order valence-electron chi connectivity index (χ1n) is 7.30. The molecule has 0 fully saturated rings. The van der Waals surface area contributed by atoms with E-state index in [0.29, 0.717) is 6.61 Å². The van der Waals surface area contributed by atoms with Crippen LogP contribution in [0.1, 0.15) is 31.7 Å². The Labute approximate surface area is 126 Å². The molecule has 3 nitrogen and oxygen atoms in total. The Morgan fingerprint density at radius 3 is 2.86 bits per heavy atom. The second kappa shape index (κ2) is 7.96. The molecule has 0 radical (unpaired) electrons. The largest absolute Gasteiger partial charge is 0.493 e. The standard InChI is InChI=1S/C18H20N2O/c1-2-3-13-21-18(15-9-5-4-6-10-15)16-11-7-8-12-17(16)20-14-19/h4-10,12,20H,2-3,11,13H2,1H3. The fraction of sp³-hybridized carbons (Fsp3) is 0.278. The van der Waals surface area contributed by atoms with Gasteiger partial charge in [0.1, 0.15) is 5.76 Å². The smallest absolute Gasteiger partial charge is 0.181 e. The van der Waals surface area contributed by atoms with E-state index in [2.05, 4.69) is 18.3 Å². The van der Waals surface area contributed by atoms with E-state index in [1.165, 1.54) is 0 Å². The fourth-order valence-corrected chi connectivity index (χ4v) is 2.21. The number of hydrogen-bond acceptors (Lipinski definition) is 3. The van der Waals surface area contributed by atoms with Gasteiger partial charge in [-0.05, 0) is 18.9 Å². The molecule has 0 aromatic heterocycles. The van der Waals surface area contributed by atoms with Crippen molar-refractivity contribution in [1.29, 1.82) is 5.26 Å². The number of allylic oxidation sites excluding steroid dienone is 4. The average molecular weight is 280 g/mol. The molecule has 0 heterocycles. The average Bonchev–Trinajstić information content (AvgIpc) is 2.54. The molecule has 1 aromatic rings. The van der Waals surface area contributed by atoms with E-state index in [-0.39, 0.29) is 0 Å². The molecule has 1 aromatic carbocycles. The first kappa shape index (κ1) is 14.9. The van der Waals surface area contributed by atoms with Gasteiger partial charge in [-0.1, -0.05) is 55.8 Å². The lowest BCUT2D eigenvalue weighted by atomic mass is 9.99. The summed E-state index contributed by atoms with van der Waals surface area (Å²) in [6.45, 7) is 2.83. The second-order valence-corrected chi connectivity index (χ2v) is 4.83. The summed E-state index contributed by atoms with van der Waals surface area (Å²) in [6.07, 6.45) is 10.8. The Bertz CT molecular complexity index is 591. The van der Waals surface area contributed by atoms with Crippen molar-refractivity contribution in [1.82, 2.24) is 5.32 Å². The highest BCUT2D eigenvalue weighted by molar-refractivity contribution is 5.68. The van der Waals surface area contributed by atoms with Gasteiger partial charge in [0.25, 0.3) is 0 Å². The number of unbranched alkanes of at least 4 members (excludes halogenated alkanes) is 1. The summed E-state index contributed by atoms with van der Waals surface area (Å²) in [7, 11) is 0. The van der Waals surface area contributed by atoms with E-state index < -0.39 is 0 Å². The zero-order valence-electron chi connectivity index (χ0n) is 12.3. The Balaban J connectivity index is 2.37. The van der Waals surface area contributed by atoms with Crippen molar-refractivity contribution in [3.05, 3.63) is 65.4 Å². The van der Waals surface area contributed by atoms with E-state index >= 15 is 0 Å². The van der Waals surface area contributed by atoms with Gasteiger partial charge in [0, 0.05) is 11.1 Å². The molecule has 3 heteroatoms. The number of hydrogen-bond donors (Lipinski definition) is 1. The van der Waals surface area contributed by atoms with Crippen LogP contribution >= 0.6 is 0 Å². The number of nitrogens with one attached hydrogen (secondary N) is 1. The number of nitrogens with zero attached hydrogens (tertiary/aromatic N) is 1. The van der Waals surface area contributed by atoms with Gasteiger partial charge in [0.2, 0.25) is 0 Å². The van der Waals surface area contributed by atoms with Crippen LogP contribution in [0.3, 0.4) is 0 Å². The molecular formula is C18H20N2O. The fourth-order valence-electron chi connectivity index (χ4n) is 2.21. The molecule has 0 aliphatic heterocycles. The third-order valence-electron chi connectivity index (χ3n) is 3.29. The summed E-state index contributed by atoms with van der Waals surface area (Å²) in [5, 5.41) is 11.7. The zero-order chi connectivity index (χ0) is 14.9. The SMILES string of the molecule is CCCCOC(=C1CC=CC=C1NC#N)c1ccccc1. The molecule has 0 spiro atoms. The zero-order valence-corrected chi connectivity index (χ0v) is 12.3. The van der Waals surface area contributed by atoms with Crippen LogP contribution in [-0.4, -0.2) is 6.61 Å². The molecule has 21 heavy (non-hydrogen) atoms. The van der Waals surface area contributed by atoms with Gasteiger partial charge >= 0.3 is 0 Å². The van der Waals surface area contributed by atoms with Gasteiger partial charge < -0.3 is 4.74 Å². The minimum atomic E-state index is 0.688. The number of benzene rings is 1. The third kappa shape index (κ3) is 4.00. The van der Waals surface area contributed by atoms with Gasteiger partial charge in [-0.25, -0.2) is 0 Å². The first-order chi connectivity index (χ1) is 10.4. The van der Waals surface area contributed by atoms with Crippen molar-refractivity contribution in [2.75, 3.05) is 6.61 Å². The Morgan fingerprint density at radius 1 is 1.33 bits per heavy atom. The number of nitriles is 1. The number of ether oxygens (including phenoxy) is 1. The maximum absolute atomic E-state index is 8.91. The highest BCUT2D eigenvalue weighted by Gasteiger charge is 2.16. The van der Waals surface area contributed by atoms with E-state index in [0.717, 1.165) is 41.9 Å². The van der Waals surface area contributed by atoms with Crippen molar-refractivity contribution in [3.63, 3.8) is 0 Å². The lowest BCUT2D eigenvalue weighted by Gasteiger charge is -2.19. The quantitative estimate of drug-likeness (QED) is 0.369. The van der Waals surface area contributed by atoms with Gasteiger partial charge in [-0.3, -0.25) is 5.32 Å². The molecule has 0 unspecified atom stereocenters. The molecule has 0 bridgehead atoms. The van der Waals surface area contributed by atoms with Crippen LogP contribution in [0.2, 0.25) is 0 Å². The summed E-state index contributed by atoms with van der Waals surface area (Å²) in [4.78, 5) is 0. The second-order valence-electron chi connectivity index (χ2n) is 4.83. The molecule has 1 aliphatic rings. The summed E-state index contributed by atoms with van der Waals surface area (Å²) in [6, 6.07) is 10.1. The van der Waals surface area contributed by atoms with Crippen molar-refractivity contribution in [2.24, 2.45) is 0 Å². The highest BCUT2D eigenvalue weighted by atomic mass is 16.5. The van der Waals surface area contributed by atoms with E-state index in [1.54, 1.807) is 0 Å². The van der Waals surface area contributed by atoms with Gasteiger partial charge in [0.15, 0.2) is 6.19 Å². The maximum Gasteiger partial charge on any atom is 0.181 e. The molecular weight excluding hydrogens is 260 g/mol. The third-order valence-corrected chi connectivity index (χ3v) is 3.29. The lowest BCUT2D eigenvalue weighted by molar-refractivity contribution is 0.268. The monoisotopic (exact) mass is 280 g/mol. The van der Waals surface area contributed by atoms with Crippen LogP contribution in [0.4, 0.5) is 0 Å². The van der Waals surface area contributed by atoms with E-state index in [4.69, 9.17) is 10.00 Å². The normalized spacial score (nSPS) is 15.9. The molecule has 108 valence electrons. The van der Waals surface area contributed by atoms with E-state index in [9.17, 15) is 0 Å². The molecule has 1 N–H and O–H groups in total. The minimum absolute atomic E-state index is 0.688. The van der Waals surface area contributed by atoms with Crippen LogP contribution < -0.4 is 5.32 Å². The van der Waals surface area contributed by atoms with E-state index in [1.807, 2.05) is 48.7 Å². The predicted octanol–water partition coefficient (Wildman–Crippen LogP) is 4.13. The van der Waals surface area contributed by atoms with Crippen molar-refractivity contribution in [2.45, 2.75) is 26.2 Å². The molecule has 0 saturated carbocycles. The number of rotatable bonds is 6. The Kier molecular flexibility index (Phi) is 5.66. The van der Waals surface area contributed by atoms with Crippen LogP contribution in [0.15, 0.2) is 59.8 Å². The molecule has 1 aliphatic carbocycles. The predicted molar refractivity (Wildman–Crippen MR) is 84.8 cm³/mol. The summed E-state index contributed by atoms with van der Waals surface area (Å²) >= 11 is 0.